The maximum absolute atomic E-state index is 11.3. The first-order valence-electron chi connectivity index (χ1n) is 5.28. The van der Waals surface area contributed by atoms with E-state index in [2.05, 4.69) is 5.32 Å². The highest BCUT2D eigenvalue weighted by molar-refractivity contribution is 5.70. The highest BCUT2D eigenvalue weighted by atomic mass is 16.6. The minimum absolute atomic E-state index is 0.108. The Morgan fingerprint density at radius 1 is 1.38 bits per heavy atom. The van der Waals surface area contributed by atoms with Gasteiger partial charge in [-0.1, -0.05) is 32.0 Å². The Bertz CT molecular complexity index is 324. The number of hydrogen-bond donors (Lipinski definition) is 2. The molecule has 0 fully saturated rings. The molecule has 0 saturated carbocycles. The van der Waals surface area contributed by atoms with Crippen LogP contribution >= 0.6 is 0 Å². The zero-order valence-corrected chi connectivity index (χ0v) is 9.51. The smallest absolute Gasteiger partial charge is 0.410 e. The van der Waals surface area contributed by atoms with Crippen LogP contribution in [-0.4, -0.2) is 23.8 Å². The van der Waals surface area contributed by atoms with E-state index < -0.39 is 12.2 Å². The van der Waals surface area contributed by atoms with Crippen LogP contribution in [-0.2, 0) is 0 Å². The second kappa shape index (κ2) is 6.12. The van der Waals surface area contributed by atoms with E-state index >= 15 is 0 Å². The van der Waals surface area contributed by atoms with Crippen LogP contribution in [0.1, 0.15) is 13.8 Å². The zero-order chi connectivity index (χ0) is 12.0. The Morgan fingerprint density at radius 2 is 2.00 bits per heavy atom. The number of carbonyl (C=O) groups is 1. The minimum Gasteiger partial charge on any atom is -0.410 e. The topological polar surface area (TPSA) is 58.6 Å². The van der Waals surface area contributed by atoms with Crippen molar-refractivity contribution < 1.29 is 14.6 Å². The normalized spacial score (nSPS) is 12.2. The fourth-order valence-electron chi connectivity index (χ4n) is 1.06. The van der Waals surface area contributed by atoms with E-state index in [1.165, 1.54) is 0 Å². The van der Waals surface area contributed by atoms with Crippen LogP contribution in [0.4, 0.5) is 4.79 Å². The summed E-state index contributed by atoms with van der Waals surface area (Å²) in [5, 5.41) is 12.0. The number of benzene rings is 1. The summed E-state index contributed by atoms with van der Waals surface area (Å²) in [7, 11) is 0. The molecule has 4 nitrogen and oxygen atoms in total. The van der Waals surface area contributed by atoms with Gasteiger partial charge in [0.05, 0.1) is 6.10 Å². The van der Waals surface area contributed by atoms with E-state index in [0.29, 0.717) is 5.75 Å². The van der Waals surface area contributed by atoms with Crippen molar-refractivity contribution in [3.8, 4) is 5.75 Å². The summed E-state index contributed by atoms with van der Waals surface area (Å²) in [4.78, 5) is 11.3. The molecule has 0 aliphatic carbocycles. The van der Waals surface area contributed by atoms with E-state index in [4.69, 9.17) is 4.74 Å². The second-order valence-electron chi connectivity index (χ2n) is 3.89. The van der Waals surface area contributed by atoms with Gasteiger partial charge in [-0.2, -0.15) is 0 Å². The Morgan fingerprint density at radius 3 is 2.56 bits per heavy atom. The highest BCUT2D eigenvalue weighted by Crippen LogP contribution is 2.08. The summed E-state index contributed by atoms with van der Waals surface area (Å²) in [6.45, 7) is 3.97. The van der Waals surface area contributed by atoms with Gasteiger partial charge < -0.3 is 15.2 Å². The van der Waals surface area contributed by atoms with Crippen molar-refractivity contribution in [3.05, 3.63) is 30.3 Å². The van der Waals surface area contributed by atoms with Gasteiger partial charge in [0.2, 0.25) is 0 Å². The SMILES string of the molecule is CC(C)C(O)CNC(=O)Oc1ccccc1. The zero-order valence-electron chi connectivity index (χ0n) is 9.51. The predicted molar refractivity (Wildman–Crippen MR) is 61.3 cm³/mol. The van der Waals surface area contributed by atoms with Crippen molar-refractivity contribution in [3.63, 3.8) is 0 Å². The molecule has 1 atom stereocenters. The number of para-hydroxylation sites is 1. The molecule has 0 aromatic heterocycles. The molecule has 4 heteroatoms. The summed E-state index contributed by atoms with van der Waals surface area (Å²) < 4.78 is 4.98. The number of aliphatic hydroxyl groups is 1. The van der Waals surface area contributed by atoms with Crippen LogP contribution in [0.5, 0.6) is 5.75 Å². The van der Waals surface area contributed by atoms with Crippen molar-refractivity contribution in [2.45, 2.75) is 20.0 Å². The summed E-state index contributed by atoms with van der Waals surface area (Å²) >= 11 is 0. The quantitative estimate of drug-likeness (QED) is 0.818. The largest absolute Gasteiger partial charge is 0.412 e. The van der Waals surface area contributed by atoms with Crippen LogP contribution in [0, 0.1) is 5.92 Å². The molecule has 16 heavy (non-hydrogen) atoms. The number of ether oxygens (including phenoxy) is 1. The number of carbonyl (C=O) groups excluding carboxylic acids is 1. The van der Waals surface area contributed by atoms with Gasteiger partial charge in [-0.05, 0) is 18.1 Å². The van der Waals surface area contributed by atoms with Crippen LogP contribution in [0.3, 0.4) is 0 Å². The van der Waals surface area contributed by atoms with Gasteiger partial charge in [0, 0.05) is 6.54 Å². The third kappa shape index (κ3) is 4.31. The molecule has 0 radical (unpaired) electrons. The number of amides is 1. The van der Waals surface area contributed by atoms with Gasteiger partial charge in [0.1, 0.15) is 5.75 Å². The average Bonchev–Trinajstić information content (AvgIpc) is 2.27. The van der Waals surface area contributed by atoms with Crippen LogP contribution < -0.4 is 10.1 Å². The van der Waals surface area contributed by atoms with Crippen molar-refractivity contribution in [1.82, 2.24) is 5.32 Å². The lowest BCUT2D eigenvalue weighted by molar-refractivity contribution is 0.120. The molecule has 0 saturated heterocycles. The van der Waals surface area contributed by atoms with Gasteiger partial charge in [-0.25, -0.2) is 4.79 Å². The van der Waals surface area contributed by atoms with Crippen LogP contribution in [0.25, 0.3) is 0 Å². The number of nitrogens with one attached hydrogen (secondary N) is 1. The Hall–Kier alpha value is -1.55. The van der Waals surface area contributed by atoms with E-state index in [9.17, 15) is 9.90 Å². The molecule has 88 valence electrons. The summed E-state index contributed by atoms with van der Waals surface area (Å²) in [6.07, 6.45) is -1.10. The molecule has 0 spiro atoms. The Kier molecular flexibility index (Phi) is 4.79. The minimum atomic E-state index is -0.552. The standard InChI is InChI=1S/C12H17NO3/c1-9(2)11(14)8-13-12(15)16-10-6-4-3-5-7-10/h3-7,9,11,14H,8H2,1-2H3,(H,13,15). The van der Waals surface area contributed by atoms with E-state index in [0.717, 1.165) is 0 Å². The first-order valence-corrected chi connectivity index (χ1v) is 5.28. The summed E-state index contributed by atoms with van der Waals surface area (Å²) in [6, 6.07) is 8.79. The van der Waals surface area contributed by atoms with Crippen molar-refractivity contribution in [1.29, 1.82) is 0 Å². The first-order chi connectivity index (χ1) is 7.59. The van der Waals surface area contributed by atoms with Crippen LogP contribution in [0.15, 0.2) is 30.3 Å². The molecule has 0 aliphatic heterocycles. The van der Waals surface area contributed by atoms with Crippen molar-refractivity contribution in [2.24, 2.45) is 5.92 Å². The molecule has 2 N–H and O–H groups in total. The number of rotatable bonds is 4. The molecule has 0 heterocycles. The molecule has 0 aliphatic rings. The predicted octanol–water partition coefficient (Wildman–Crippen LogP) is 1.79. The Balaban J connectivity index is 2.32. The number of hydrogen-bond acceptors (Lipinski definition) is 3. The van der Waals surface area contributed by atoms with Gasteiger partial charge in [0.25, 0.3) is 0 Å². The van der Waals surface area contributed by atoms with E-state index in [1.54, 1.807) is 24.3 Å². The first kappa shape index (κ1) is 12.5. The molecule has 1 aromatic rings. The van der Waals surface area contributed by atoms with Crippen molar-refractivity contribution >= 4 is 6.09 Å². The average molecular weight is 223 g/mol. The van der Waals surface area contributed by atoms with E-state index in [1.807, 2.05) is 19.9 Å². The monoisotopic (exact) mass is 223 g/mol. The Labute approximate surface area is 95.2 Å². The summed E-state index contributed by atoms with van der Waals surface area (Å²) in [5.41, 5.74) is 0. The molecular formula is C12H17NO3. The maximum Gasteiger partial charge on any atom is 0.412 e. The fourth-order valence-corrected chi connectivity index (χ4v) is 1.06. The van der Waals surface area contributed by atoms with Crippen LogP contribution in [0.2, 0.25) is 0 Å². The molecule has 0 bridgehead atoms. The van der Waals surface area contributed by atoms with Gasteiger partial charge in [-0.3, -0.25) is 0 Å². The maximum atomic E-state index is 11.3. The van der Waals surface area contributed by atoms with Gasteiger partial charge in [-0.15, -0.1) is 0 Å². The third-order valence-corrected chi connectivity index (χ3v) is 2.18. The molecule has 1 unspecified atom stereocenters. The molecule has 1 amide bonds. The fraction of sp³-hybridized carbons (Fsp3) is 0.417. The lowest BCUT2D eigenvalue weighted by Gasteiger charge is -2.14. The molecule has 1 aromatic carbocycles. The van der Waals surface area contributed by atoms with Gasteiger partial charge in [0.15, 0.2) is 0 Å². The summed E-state index contributed by atoms with van der Waals surface area (Å²) in [5.74, 6) is 0.594. The highest BCUT2D eigenvalue weighted by Gasteiger charge is 2.11. The third-order valence-electron chi connectivity index (χ3n) is 2.18. The number of aliphatic hydroxyl groups excluding tert-OH is 1. The lowest BCUT2D eigenvalue weighted by Crippen LogP contribution is -2.36. The second-order valence-corrected chi connectivity index (χ2v) is 3.89. The molecular weight excluding hydrogens is 206 g/mol. The van der Waals surface area contributed by atoms with Gasteiger partial charge >= 0.3 is 6.09 Å². The van der Waals surface area contributed by atoms with Crippen molar-refractivity contribution in [2.75, 3.05) is 6.54 Å². The molecule has 1 rings (SSSR count). The van der Waals surface area contributed by atoms with E-state index in [-0.39, 0.29) is 12.5 Å². The lowest BCUT2D eigenvalue weighted by atomic mass is 10.1.